The molecule has 0 spiro atoms. The second-order valence-electron chi connectivity index (χ2n) is 3.73. The summed E-state index contributed by atoms with van der Waals surface area (Å²) in [5.74, 6) is 0.155. The predicted molar refractivity (Wildman–Crippen MR) is 73.3 cm³/mol. The zero-order valence-electron chi connectivity index (χ0n) is 9.74. The van der Waals surface area contributed by atoms with Gasteiger partial charge in [-0.05, 0) is 37.7 Å². The van der Waals surface area contributed by atoms with Gasteiger partial charge in [-0.2, -0.15) is 0 Å². The lowest BCUT2D eigenvalue weighted by Crippen LogP contribution is -2.27. The van der Waals surface area contributed by atoms with Crippen molar-refractivity contribution in [2.45, 2.75) is 13.0 Å². The van der Waals surface area contributed by atoms with Crippen LogP contribution in [0, 0.1) is 0 Å². The highest BCUT2D eigenvalue weighted by Gasteiger charge is 2.08. The van der Waals surface area contributed by atoms with Crippen LogP contribution in [-0.4, -0.2) is 27.8 Å². The van der Waals surface area contributed by atoms with Crippen molar-refractivity contribution >= 4 is 26.0 Å². The highest BCUT2D eigenvalue weighted by molar-refractivity contribution is 9.10. The molecule has 0 aliphatic heterocycles. The van der Waals surface area contributed by atoms with Crippen molar-refractivity contribution in [2.24, 2.45) is 0 Å². The highest BCUT2D eigenvalue weighted by atomic mass is 79.9. The summed E-state index contributed by atoms with van der Waals surface area (Å²) in [6.07, 6.45) is 0.615. The number of hydrogen-bond donors (Lipinski definition) is 2. The molecule has 0 aliphatic rings. The Kier molecular flexibility index (Phi) is 6.11. The average Bonchev–Trinajstić information content (AvgIpc) is 2.27. The third-order valence-corrected chi connectivity index (χ3v) is 4.13. The second-order valence-corrected chi connectivity index (χ2v) is 6.57. The molecule has 1 rings (SSSR count). The van der Waals surface area contributed by atoms with Gasteiger partial charge < -0.3 is 5.32 Å². The first-order valence-electron chi connectivity index (χ1n) is 5.40. The summed E-state index contributed by atoms with van der Waals surface area (Å²) in [4.78, 5) is 0. The van der Waals surface area contributed by atoms with Gasteiger partial charge in [0.2, 0.25) is 10.0 Å². The molecule has 0 amide bonds. The van der Waals surface area contributed by atoms with Crippen molar-refractivity contribution in [2.75, 3.05) is 19.3 Å². The van der Waals surface area contributed by atoms with Gasteiger partial charge in [-0.3, -0.25) is 0 Å². The summed E-state index contributed by atoms with van der Waals surface area (Å²) in [7, 11) is -1.36. The van der Waals surface area contributed by atoms with Gasteiger partial charge in [0.25, 0.3) is 0 Å². The van der Waals surface area contributed by atoms with Crippen LogP contribution in [0.1, 0.15) is 12.0 Å². The van der Waals surface area contributed by atoms with Gasteiger partial charge in [-0.1, -0.05) is 28.1 Å². The molecule has 0 heterocycles. The molecule has 0 unspecified atom stereocenters. The molecule has 0 radical (unpaired) electrons. The Morgan fingerprint density at radius 2 is 2.12 bits per heavy atom. The Morgan fingerprint density at radius 3 is 2.76 bits per heavy atom. The summed E-state index contributed by atoms with van der Waals surface area (Å²) >= 11 is 3.35. The lowest BCUT2D eigenvalue weighted by molar-refractivity contribution is 0.577. The summed E-state index contributed by atoms with van der Waals surface area (Å²) in [6.45, 7) is 1.04. The van der Waals surface area contributed by atoms with Gasteiger partial charge in [0, 0.05) is 11.0 Å². The maximum absolute atomic E-state index is 11.6. The van der Waals surface area contributed by atoms with Gasteiger partial charge in [0.15, 0.2) is 0 Å². The van der Waals surface area contributed by atoms with Crippen molar-refractivity contribution in [3.8, 4) is 0 Å². The largest absolute Gasteiger partial charge is 0.320 e. The van der Waals surface area contributed by atoms with E-state index in [1.54, 1.807) is 0 Å². The molecular weight excluding hydrogens is 304 g/mol. The van der Waals surface area contributed by atoms with E-state index in [-0.39, 0.29) is 5.75 Å². The molecule has 0 aliphatic carbocycles. The van der Waals surface area contributed by atoms with Gasteiger partial charge in [-0.25, -0.2) is 13.1 Å². The van der Waals surface area contributed by atoms with Gasteiger partial charge in [0.05, 0.1) is 5.75 Å². The summed E-state index contributed by atoms with van der Waals surface area (Å²) in [5.41, 5.74) is 0.941. The minimum Gasteiger partial charge on any atom is -0.320 e. The van der Waals surface area contributed by atoms with Crippen LogP contribution in [-0.2, 0) is 16.6 Å². The Bertz CT molecular complexity index is 449. The Labute approximate surface area is 111 Å². The zero-order valence-corrected chi connectivity index (χ0v) is 12.1. The van der Waals surface area contributed by atoms with Crippen molar-refractivity contribution in [1.82, 2.24) is 10.0 Å². The van der Waals surface area contributed by atoms with E-state index in [4.69, 9.17) is 0 Å². The van der Waals surface area contributed by atoms with E-state index in [0.717, 1.165) is 10.0 Å². The lowest BCUT2D eigenvalue weighted by Gasteiger charge is -2.07. The van der Waals surface area contributed by atoms with E-state index in [0.29, 0.717) is 19.5 Å². The summed E-state index contributed by atoms with van der Waals surface area (Å²) in [5, 5.41) is 2.92. The quantitative estimate of drug-likeness (QED) is 0.748. The number of benzene rings is 1. The first kappa shape index (κ1) is 14.6. The first-order chi connectivity index (χ1) is 8.03. The SMILES string of the molecule is CNCCCS(=O)(=O)NCc1cccc(Br)c1. The Hall–Kier alpha value is -0.430. The topological polar surface area (TPSA) is 58.2 Å². The van der Waals surface area contributed by atoms with Crippen LogP contribution in [0.25, 0.3) is 0 Å². The summed E-state index contributed by atoms with van der Waals surface area (Å²) < 4.78 is 26.8. The molecule has 0 bridgehead atoms. The fourth-order valence-electron chi connectivity index (χ4n) is 1.35. The number of sulfonamides is 1. The van der Waals surface area contributed by atoms with Gasteiger partial charge in [-0.15, -0.1) is 0 Å². The smallest absolute Gasteiger partial charge is 0.211 e. The molecule has 0 atom stereocenters. The molecule has 6 heteroatoms. The Balaban J connectivity index is 2.44. The van der Waals surface area contributed by atoms with Gasteiger partial charge in [0.1, 0.15) is 0 Å². The number of hydrogen-bond acceptors (Lipinski definition) is 3. The third kappa shape index (κ3) is 6.16. The van der Waals surface area contributed by atoms with E-state index >= 15 is 0 Å². The molecule has 1 aromatic rings. The predicted octanol–water partition coefficient (Wildman–Crippen LogP) is 1.48. The average molecular weight is 321 g/mol. The van der Waals surface area contributed by atoms with E-state index in [2.05, 4.69) is 26.0 Å². The van der Waals surface area contributed by atoms with Crippen LogP contribution < -0.4 is 10.0 Å². The van der Waals surface area contributed by atoms with Crippen molar-refractivity contribution in [1.29, 1.82) is 0 Å². The van der Waals surface area contributed by atoms with Crippen LogP contribution in [0.2, 0.25) is 0 Å². The normalized spacial score (nSPS) is 11.6. The number of nitrogens with one attached hydrogen (secondary N) is 2. The van der Waals surface area contributed by atoms with Crippen molar-refractivity contribution in [3.63, 3.8) is 0 Å². The molecule has 0 saturated carbocycles. The molecule has 1 aromatic carbocycles. The molecule has 2 N–H and O–H groups in total. The molecule has 96 valence electrons. The molecule has 4 nitrogen and oxygen atoms in total. The van der Waals surface area contributed by atoms with Crippen LogP contribution in [0.15, 0.2) is 28.7 Å². The van der Waals surface area contributed by atoms with Crippen LogP contribution >= 0.6 is 15.9 Å². The van der Waals surface area contributed by atoms with Crippen LogP contribution in [0.3, 0.4) is 0 Å². The lowest BCUT2D eigenvalue weighted by atomic mass is 10.2. The van der Waals surface area contributed by atoms with Crippen LogP contribution in [0.5, 0.6) is 0 Å². The maximum atomic E-state index is 11.6. The molecular formula is C11H17BrN2O2S. The first-order valence-corrected chi connectivity index (χ1v) is 7.84. The maximum Gasteiger partial charge on any atom is 0.211 e. The zero-order chi connectivity index (χ0) is 12.7. The summed E-state index contributed by atoms with van der Waals surface area (Å²) in [6, 6.07) is 7.58. The second kappa shape index (κ2) is 7.10. The van der Waals surface area contributed by atoms with Crippen molar-refractivity contribution < 1.29 is 8.42 Å². The monoisotopic (exact) mass is 320 g/mol. The number of halogens is 1. The van der Waals surface area contributed by atoms with E-state index in [1.807, 2.05) is 31.3 Å². The molecule has 17 heavy (non-hydrogen) atoms. The highest BCUT2D eigenvalue weighted by Crippen LogP contribution is 2.11. The number of rotatable bonds is 7. The van der Waals surface area contributed by atoms with Gasteiger partial charge >= 0.3 is 0 Å². The fraction of sp³-hybridized carbons (Fsp3) is 0.455. The van der Waals surface area contributed by atoms with E-state index < -0.39 is 10.0 Å². The standard InChI is InChI=1S/C11H17BrN2O2S/c1-13-6-3-7-17(15,16)14-9-10-4-2-5-11(12)8-10/h2,4-5,8,13-14H,3,6-7,9H2,1H3. The molecule has 0 aromatic heterocycles. The third-order valence-electron chi connectivity index (χ3n) is 2.23. The van der Waals surface area contributed by atoms with Crippen LogP contribution in [0.4, 0.5) is 0 Å². The fourth-order valence-corrected chi connectivity index (χ4v) is 2.85. The molecule has 0 fully saturated rings. The molecule has 0 saturated heterocycles. The van der Waals surface area contributed by atoms with E-state index in [1.165, 1.54) is 0 Å². The van der Waals surface area contributed by atoms with Crippen molar-refractivity contribution in [3.05, 3.63) is 34.3 Å². The minimum absolute atomic E-state index is 0.155. The minimum atomic E-state index is -3.17. The van der Waals surface area contributed by atoms with E-state index in [9.17, 15) is 8.42 Å². The Morgan fingerprint density at radius 1 is 1.35 bits per heavy atom.